The normalized spacial score (nSPS) is 17.3. The Balaban J connectivity index is 2.29. The predicted octanol–water partition coefficient (Wildman–Crippen LogP) is 0.943. The molecule has 1 fully saturated rings. The summed E-state index contributed by atoms with van der Waals surface area (Å²) >= 11 is 0. The second kappa shape index (κ2) is 8.12. The lowest BCUT2D eigenvalue weighted by atomic mass is 9.93. The molecule has 0 aromatic carbocycles. The topological polar surface area (TPSA) is 84.9 Å². The molecular weight excluding hydrogens is 250 g/mol. The maximum absolute atomic E-state index is 11.8. The molecule has 0 aromatic heterocycles. The zero-order valence-corrected chi connectivity index (χ0v) is 11.4. The highest BCUT2D eigenvalue weighted by atomic mass is 16.5. The van der Waals surface area contributed by atoms with Crippen LogP contribution in [0.4, 0.5) is 0 Å². The van der Waals surface area contributed by atoms with E-state index in [9.17, 15) is 9.59 Å². The Morgan fingerprint density at radius 3 is 2.47 bits per heavy atom. The van der Waals surface area contributed by atoms with E-state index in [4.69, 9.17) is 14.6 Å². The van der Waals surface area contributed by atoms with Gasteiger partial charge in [-0.15, -0.1) is 0 Å². The quantitative estimate of drug-likeness (QED) is 0.611. The molecule has 0 aromatic rings. The van der Waals surface area contributed by atoms with E-state index in [1.807, 2.05) is 0 Å². The molecule has 1 amide bonds. The molecule has 6 nitrogen and oxygen atoms in total. The third-order valence-electron chi connectivity index (χ3n) is 3.36. The van der Waals surface area contributed by atoms with Crippen LogP contribution in [0.15, 0.2) is 0 Å². The van der Waals surface area contributed by atoms with Crippen molar-refractivity contribution in [2.24, 2.45) is 0 Å². The van der Waals surface area contributed by atoms with Crippen LogP contribution >= 0.6 is 0 Å². The Labute approximate surface area is 113 Å². The first kappa shape index (κ1) is 15.9. The van der Waals surface area contributed by atoms with Gasteiger partial charge in [0.2, 0.25) is 5.91 Å². The lowest BCUT2D eigenvalue weighted by Crippen LogP contribution is -2.48. The van der Waals surface area contributed by atoms with Crippen LogP contribution in [0.2, 0.25) is 0 Å². The van der Waals surface area contributed by atoms with Gasteiger partial charge < -0.3 is 19.9 Å². The molecular formula is C13H23NO5. The van der Waals surface area contributed by atoms with Gasteiger partial charge in [0.25, 0.3) is 0 Å². The van der Waals surface area contributed by atoms with Gasteiger partial charge in [0.15, 0.2) is 0 Å². The summed E-state index contributed by atoms with van der Waals surface area (Å²) in [4.78, 5) is 22.7. The summed E-state index contributed by atoms with van der Waals surface area (Å²) in [7, 11) is 1.59. The summed E-state index contributed by atoms with van der Waals surface area (Å²) in [6.07, 6.45) is 3.69. The minimum atomic E-state index is -0.862. The highest BCUT2D eigenvalue weighted by molar-refractivity contribution is 5.78. The zero-order chi connectivity index (χ0) is 14.1. The molecule has 0 saturated heterocycles. The molecule has 0 heterocycles. The van der Waals surface area contributed by atoms with Crippen molar-refractivity contribution in [2.75, 3.05) is 26.9 Å². The maximum atomic E-state index is 11.8. The number of carbonyl (C=O) groups excluding carboxylic acids is 1. The molecule has 0 aliphatic heterocycles. The Bertz CT molecular complexity index is 299. The number of nitrogens with one attached hydrogen (secondary N) is 1. The SMILES string of the molecule is COCCOCCC(=O)NC1(CC(=O)O)CCCC1. The van der Waals surface area contributed by atoms with Crippen LogP contribution in [0.1, 0.15) is 38.5 Å². The number of ether oxygens (including phenoxy) is 2. The molecule has 0 atom stereocenters. The number of carboxylic acid groups (broad SMARTS) is 1. The van der Waals surface area contributed by atoms with Gasteiger partial charge in [-0.05, 0) is 12.8 Å². The van der Waals surface area contributed by atoms with Gasteiger partial charge in [-0.1, -0.05) is 12.8 Å². The van der Waals surface area contributed by atoms with Gasteiger partial charge >= 0.3 is 5.97 Å². The fraction of sp³-hybridized carbons (Fsp3) is 0.846. The lowest BCUT2D eigenvalue weighted by molar-refractivity contribution is -0.139. The van der Waals surface area contributed by atoms with E-state index in [2.05, 4.69) is 5.32 Å². The van der Waals surface area contributed by atoms with E-state index in [0.29, 0.717) is 19.8 Å². The van der Waals surface area contributed by atoms with Gasteiger partial charge in [0.05, 0.1) is 31.8 Å². The van der Waals surface area contributed by atoms with E-state index in [0.717, 1.165) is 25.7 Å². The molecule has 1 saturated carbocycles. The molecule has 1 rings (SSSR count). The fourth-order valence-electron chi connectivity index (χ4n) is 2.45. The Kier molecular flexibility index (Phi) is 6.80. The van der Waals surface area contributed by atoms with Gasteiger partial charge in [0, 0.05) is 13.5 Å². The summed E-state index contributed by atoms with van der Waals surface area (Å²) in [6.45, 7) is 1.30. The molecule has 2 N–H and O–H groups in total. The number of rotatable bonds is 9. The number of hydrogen-bond donors (Lipinski definition) is 2. The summed E-state index contributed by atoms with van der Waals surface area (Å²) in [5.74, 6) is -1.00. The summed E-state index contributed by atoms with van der Waals surface area (Å²) in [5, 5.41) is 11.8. The Morgan fingerprint density at radius 2 is 1.89 bits per heavy atom. The minimum absolute atomic E-state index is 0.00325. The number of carbonyl (C=O) groups is 2. The van der Waals surface area contributed by atoms with E-state index < -0.39 is 11.5 Å². The van der Waals surface area contributed by atoms with Crippen LogP contribution in [-0.2, 0) is 19.1 Å². The van der Waals surface area contributed by atoms with Crippen LogP contribution in [-0.4, -0.2) is 49.5 Å². The van der Waals surface area contributed by atoms with Crippen molar-refractivity contribution in [1.82, 2.24) is 5.32 Å². The molecule has 19 heavy (non-hydrogen) atoms. The number of aliphatic carboxylic acids is 1. The number of hydrogen-bond acceptors (Lipinski definition) is 4. The monoisotopic (exact) mass is 273 g/mol. The van der Waals surface area contributed by atoms with Crippen molar-refractivity contribution in [3.63, 3.8) is 0 Å². The third-order valence-corrected chi connectivity index (χ3v) is 3.36. The second-order valence-electron chi connectivity index (χ2n) is 4.96. The van der Waals surface area contributed by atoms with Crippen molar-refractivity contribution >= 4 is 11.9 Å². The third kappa shape index (κ3) is 6.02. The predicted molar refractivity (Wildman–Crippen MR) is 68.9 cm³/mol. The standard InChI is InChI=1S/C13H23NO5/c1-18-8-9-19-7-4-11(15)14-13(10-12(16)17)5-2-3-6-13/h2-10H2,1H3,(H,14,15)(H,16,17). The lowest BCUT2D eigenvalue weighted by Gasteiger charge is -2.28. The molecule has 1 aliphatic rings. The van der Waals surface area contributed by atoms with Crippen LogP contribution in [0.3, 0.4) is 0 Å². The first-order valence-corrected chi connectivity index (χ1v) is 6.67. The van der Waals surface area contributed by atoms with Crippen molar-refractivity contribution in [3.8, 4) is 0 Å². The summed E-state index contributed by atoms with van der Waals surface area (Å²) < 4.78 is 10.0. The average molecular weight is 273 g/mol. The van der Waals surface area contributed by atoms with Crippen molar-refractivity contribution in [3.05, 3.63) is 0 Å². The molecule has 0 bridgehead atoms. The van der Waals surface area contributed by atoms with Crippen LogP contribution in [0.25, 0.3) is 0 Å². The van der Waals surface area contributed by atoms with Gasteiger partial charge in [-0.2, -0.15) is 0 Å². The van der Waals surface area contributed by atoms with Crippen LogP contribution in [0.5, 0.6) is 0 Å². The number of methoxy groups -OCH3 is 1. The molecule has 1 aliphatic carbocycles. The van der Waals surface area contributed by atoms with E-state index in [1.165, 1.54) is 0 Å². The smallest absolute Gasteiger partial charge is 0.305 e. The van der Waals surface area contributed by atoms with Gasteiger partial charge in [0.1, 0.15) is 0 Å². The Morgan fingerprint density at radius 1 is 1.21 bits per heavy atom. The van der Waals surface area contributed by atoms with Gasteiger partial charge in [-0.25, -0.2) is 0 Å². The van der Waals surface area contributed by atoms with Crippen LogP contribution in [0, 0.1) is 0 Å². The van der Waals surface area contributed by atoms with Crippen molar-refractivity contribution < 1.29 is 24.2 Å². The Hall–Kier alpha value is -1.14. The number of carboxylic acids is 1. The summed E-state index contributed by atoms with van der Waals surface area (Å²) in [6, 6.07) is 0. The number of amides is 1. The molecule has 0 unspecified atom stereocenters. The minimum Gasteiger partial charge on any atom is -0.481 e. The highest BCUT2D eigenvalue weighted by Gasteiger charge is 2.37. The fourth-order valence-corrected chi connectivity index (χ4v) is 2.45. The van der Waals surface area contributed by atoms with Crippen LogP contribution < -0.4 is 5.32 Å². The first-order chi connectivity index (χ1) is 9.08. The molecule has 0 spiro atoms. The van der Waals surface area contributed by atoms with Crippen molar-refractivity contribution in [2.45, 2.75) is 44.1 Å². The van der Waals surface area contributed by atoms with Gasteiger partial charge in [-0.3, -0.25) is 9.59 Å². The average Bonchev–Trinajstić information content (AvgIpc) is 2.76. The summed E-state index contributed by atoms with van der Waals surface area (Å²) in [5.41, 5.74) is -0.546. The maximum Gasteiger partial charge on any atom is 0.305 e. The molecule has 6 heteroatoms. The van der Waals surface area contributed by atoms with Crippen molar-refractivity contribution in [1.29, 1.82) is 0 Å². The second-order valence-corrected chi connectivity index (χ2v) is 4.96. The van der Waals surface area contributed by atoms with E-state index in [1.54, 1.807) is 7.11 Å². The highest BCUT2D eigenvalue weighted by Crippen LogP contribution is 2.32. The van der Waals surface area contributed by atoms with E-state index in [-0.39, 0.29) is 18.7 Å². The largest absolute Gasteiger partial charge is 0.481 e. The zero-order valence-electron chi connectivity index (χ0n) is 11.4. The molecule has 110 valence electrons. The first-order valence-electron chi connectivity index (χ1n) is 6.67. The molecule has 0 radical (unpaired) electrons. The van der Waals surface area contributed by atoms with E-state index >= 15 is 0 Å².